The average Bonchev–Trinajstić information content (AvgIpc) is 1.37. The van der Waals surface area contributed by atoms with Crippen molar-refractivity contribution in [3.63, 3.8) is 0 Å². The number of hydrogen-bond acceptors (Lipinski definition) is 0. The molecule has 0 aromatic rings. The van der Waals surface area contributed by atoms with Crippen LogP contribution in [0.3, 0.4) is 0 Å². The van der Waals surface area contributed by atoms with Gasteiger partial charge < -0.3 is 29.7 Å². The molecule has 0 rings (SSSR count). The van der Waals surface area contributed by atoms with Crippen molar-refractivity contribution in [1.82, 2.24) is 0 Å². The van der Waals surface area contributed by atoms with Gasteiger partial charge in [-0.2, -0.15) is 0 Å². The molecular formula is C9H24Ir-4. The molecular weight excluding hydrogens is 300 g/mol. The first-order valence-corrected chi connectivity index (χ1v) is 1.52. The van der Waals surface area contributed by atoms with Crippen molar-refractivity contribution in [2.75, 3.05) is 0 Å². The predicted octanol–water partition coefficient (Wildman–Crippen LogP) is 4.02. The Bertz CT molecular complexity index is 18.7. The van der Waals surface area contributed by atoms with Crippen LogP contribution in [0.4, 0.5) is 0 Å². The van der Waals surface area contributed by atoms with Gasteiger partial charge in [0.1, 0.15) is 0 Å². The number of rotatable bonds is 1. The zero-order valence-electron chi connectivity index (χ0n) is 7.32. The van der Waals surface area contributed by atoms with Crippen LogP contribution in [0.5, 0.6) is 0 Å². The van der Waals surface area contributed by atoms with Crippen LogP contribution in [0.25, 0.3) is 0 Å². The molecule has 73 valence electrons. The van der Waals surface area contributed by atoms with Gasteiger partial charge in [-0.05, 0) is 6.42 Å². The third-order valence-electron chi connectivity index (χ3n) is 0.289. The zero-order chi connectivity index (χ0) is 3.41. The Morgan fingerprint density at radius 2 is 1.20 bits per heavy atom. The summed E-state index contributed by atoms with van der Waals surface area (Å²) in [4.78, 5) is 0. The molecule has 0 amide bonds. The van der Waals surface area contributed by atoms with E-state index in [1.54, 1.807) is 0 Å². The van der Waals surface area contributed by atoms with Gasteiger partial charge in [-0.15, -0.1) is 6.58 Å². The Balaban J connectivity index is -0.00000000300. The molecule has 0 unspecified atom stereocenters. The summed E-state index contributed by atoms with van der Waals surface area (Å²) in [5, 5.41) is 0. The second-order valence-electron chi connectivity index (χ2n) is 0.697. The average molecular weight is 325 g/mol. The van der Waals surface area contributed by atoms with Gasteiger partial charge >= 0.3 is 0 Å². The summed E-state index contributed by atoms with van der Waals surface area (Å²) in [5.74, 6) is 0. The monoisotopic (exact) mass is 325 g/mol. The fourth-order valence-electron chi connectivity index (χ4n) is 0. The fraction of sp³-hybridized carbons (Fsp3) is 0.333. The Labute approximate surface area is 83.5 Å². The normalized spacial score (nSPS) is 2.50. The van der Waals surface area contributed by atoms with Crippen LogP contribution in [0, 0.1) is 29.7 Å². The van der Waals surface area contributed by atoms with Gasteiger partial charge in [0.05, 0.1) is 0 Å². The van der Waals surface area contributed by atoms with E-state index < -0.39 is 0 Å². The number of hydrogen-bond donors (Lipinski definition) is 0. The third-order valence-corrected chi connectivity index (χ3v) is 0.289. The molecule has 0 fully saturated rings. The standard InChI is InChI=1S/C4H8.CH4.4CH3.Ir/c1-3-4-2;;;;;;/h3H,1,4H2,2H3;1H4;4*1H3;/q;;4*-1;. The second-order valence-corrected chi connectivity index (χ2v) is 0.697. The maximum absolute atomic E-state index is 3.48. The minimum atomic E-state index is 0. The summed E-state index contributed by atoms with van der Waals surface area (Å²) < 4.78 is 0. The first-order chi connectivity index (χ1) is 1.91. The molecule has 0 heterocycles. The summed E-state index contributed by atoms with van der Waals surface area (Å²) in [5.41, 5.74) is 0. The minimum Gasteiger partial charge on any atom is -0.358 e. The van der Waals surface area contributed by atoms with Crippen LogP contribution >= 0.6 is 0 Å². The second kappa shape index (κ2) is 116. The van der Waals surface area contributed by atoms with Crippen LogP contribution < -0.4 is 0 Å². The quantitative estimate of drug-likeness (QED) is 0.505. The van der Waals surface area contributed by atoms with Gasteiger partial charge in [0.15, 0.2) is 0 Å². The van der Waals surface area contributed by atoms with E-state index in [1.807, 2.05) is 6.08 Å². The molecule has 0 aromatic carbocycles. The van der Waals surface area contributed by atoms with Gasteiger partial charge in [-0.25, -0.2) is 0 Å². The van der Waals surface area contributed by atoms with E-state index in [0.29, 0.717) is 0 Å². The molecule has 0 nitrogen and oxygen atoms in total. The van der Waals surface area contributed by atoms with Gasteiger partial charge in [0, 0.05) is 20.1 Å². The first-order valence-electron chi connectivity index (χ1n) is 1.52. The molecule has 0 aliphatic heterocycles. The van der Waals surface area contributed by atoms with Crippen molar-refractivity contribution in [3.05, 3.63) is 42.4 Å². The van der Waals surface area contributed by atoms with E-state index in [0.717, 1.165) is 6.42 Å². The molecule has 0 spiro atoms. The van der Waals surface area contributed by atoms with Crippen LogP contribution in [0.2, 0.25) is 0 Å². The van der Waals surface area contributed by atoms with E-state index >= 15 is 0 Å². The Morgan fingerprint density at radius 3 is 1.20 bits per heavy atom. The van der Waals surface area contributed by atoms with Crippen molar-refractivity contribution in [3.8, 4) is 0 Å². The van der Waals surface area contributed by atoms with Gasteiger partial charge in [0.2, 0.25) is 0 Å². The fourth-order valence-corrected chi connectivity index (χ4v) is 0. The van der Waals surface area contributed by atoms with Crippen LogP contribution in [-0.2, 0) is 20.1 Å². The van der Waals surface area contributed by atoms with Crippen LogP contribution in [0.1, 0.15) is 20.8 Å². The molecule has 0 atom stereocenters. The van der Waals surface area contributed by atoms with Crippen molar-refractivity contribution < 1.29 is 20.1 Å². The molecule has 0 aromatic heterocycles. The van der Waals surface area contributed by atoms with Crippen LogP contribution in [-0.4, -0.2) is 0 Å². The Hall–Kier alpha value is 0.389. The first kappa shape index (κ1) is 79.7. The maximum Gasteiger partial charge on any atom is 0 e. The third kappa shape index (κ3) is 237. The molecule has 0 aliphatic carbocycles. The van der Waals surface area contributed by atoms with E-state index in [1.165, 1.54) is 0 Å². The summed E-state index contributed by atoms with van der Waals surface area (Å²) in [6.07, 6.45) is 2.96. The molecule has 0 aliphatic rings. The number of allylic oxidation sites excluding steroid dienone is 1. The SMILES string of the molecule is C.C=CCC.[CH3-].[CH3-].[CH3-].[CH3-].[Ir]. The topological polar surface area (TPSA) is 0 Å². The Kier molecular flexibility index (Phi) is 923. The van der Waals surface area contributed by atoms with Crippen molar-refractivity contribution >= 4 is 0 Å². The summed E-state index contributed by atoms with van der Waals surface area (Å²) in [6, 6.07) is 0. The van der Waals surface area contributed by atoms with E-state index in [2.05, 4.69) is 13.5 Å². The van der Waals surface area contributed by atoms with E-state index in [9.17, 15) is 0 Å². The van der Waals surface area contributed by atoms with Gasteiger partial charge in [-0.1, -0.05) is 20.4 Å². The van der Waals surface area contributed by atoms with E-state index in [4.69, 9.17) is 0 Å². The summed E-state index contributed by atoms with van der Waals surface area (Å²) in [6.45, 7) is 5.54. The van der Waals surface area contributed by atoms with Crippen molar-refractivity contribution in [2.24, 2.45) is 0 Å². The molecule has 10 heavy (non-hydrogen) atoms. The summed E-state index contributed by atoms with van der Waals surface area (Å²) >= 11 is 0. The molecule has 1 heteroatoms. The summed E-state index contributed by atoms with van der Waals surface area (Å²) in [7, 11) is 0. The van der Waals surface area contributed by atoms with Gasteiger partial charge in [-0.3, -0.25) is 0 Å². The Morgan fingerprint density at radius 1 is 1.10 bits per heavy atom. The van der Waals surface area contributed by atoms with Crippen molar-refractivity contribution in [1.29, 1.82) is 0 Å². The molecule has 0 saturated carbocycles. The maximum atomic E-state index is 3.48. The smallest absolute Gasteiger partial charge is 0 e. The molecule has 0 saturated heterocycles. The predicted molar refractivity (Wildman–Crippen MR) is 52.9 cm³/mol. The van der Waals surface area contributed by atoms with Crippen molar-refractivity contribution in [2.45, 2.75) is 20.8 Å². The van der Waals surface area contributed by atoms with Gasteiger partial charge in [0.25, 0.3) is 0 Å². The largest absolute Gasteiger partial charge is 0.358 e. The minimum absolute atomic E-state index is 0. The van der Waals surface area contributed by atoms with E-state index in [-0.39, 0.29) is 57.2 Å². The van der Waals surface area contributed by atoms with Crippen LogP contribution in [0.15, 0.2) is 12.7 Å². The molecule has 0 bridgehead atoms. The molecule has 0 N–H and O–H groups in total. The zero-order valence-corrected chi connectivity index (χ0v) is 9.72. The molecule has 1 radical (unpaired) electrons.